The van der Waals surface area contributed by atoms with Crippen LogP contribution in [0, 0.1) is 6.92 Å². The van der Waals surface area contributed by atoms with E-state index in [1.54, 1.807) is 59.8 Å². The van der Waals surface area contributed by atoms with Crippen molar-refractivity contribution >= 4 is 57.3 Å². The Balaban J connectivity index is 1.45. The largest absolute Gasteiger partial charge is 0.324 e. The quantitative estimate of drug-likeness (QED) is 0.320. The summed E-state index contributed by atoms with van der Waals surface area (Å²) in [5, 5.41) is 3.93. The van der Waals surface area contributed by atoms with Crippen LogP contribution in [0.15, 0.2) is 67.0 Å². The Morgan fingerprint density at radius 2 is 1.95 bits per heavy atom. The highest BCUT2D eigenvalue weighted by Crippen LogP contribution is 2.28. The van der Waals surface area contributed by atoms with E-state index in [0.717, 1.165) is 4.88 Å². The minimum absolute atomic E-state index is 0.0890. The molecule has 0 aliphatic carbocycles. The lowest BCUT2D eigenvalue weighted by atomic mass is 9.99. The van der Waals surface area contributed by atoms with Crippen molar-refractivity contribution in [3.8, 4) is 0 Å². The van der Waals surface area contributed by atoms with Crippen LogP contribution in [0.4, 0.5) is 5.13 Å². The van der Waals surface area contributed by atoms with Crippen molar-refractivity contribution in [1.82, 2.24) is 14.9 Å². The Morgan fingerprint density at radius 1 is 1.11 bits per heavy atom. The van der Waals surface area contributed by atoms with Crippen LogP contribution in [-0.2, 0) is 24.2 Å². The number of fused-ring (bicyclic) bond motifs is 1. The van der Waals surface area contributed by atoms with Crippen molar-refractivity contribution < 1.29 is 14.4 Å². The highest BCUT2D eigenvalue weighted by atomic mass is 35.5. The molecular weight excluding hydrogens is 543 g/mol. The molecule has 0 radical (unpaired) electrons. The highest BCUT2D eigenvalue weighted by molar-refractivity contribution is 7.15. The summed E-state index contributed by atoms with van der Waals surface area (Å²) < 4.78 is 0. The minimum atomic E-state index is -0.738. The molecule has 10 heteroatoms. The number of pyridine rings is 1. The molecule has 1 aliphatic heterocycles. The first-order chi connectivity index (χ1) is 18.3. The summed E-state index contributed by atoms with van der Waals surface area (Å²) in [5.74, 6) is -0.762. The van der Waals surface area contributed by atoms with Gasteiger partial charge in [0.1, 0.15) is 0 Å². The number of rotatable bonds is 6. The van der Waals surface area contributed by atoms with Crippen molar-refractivity contribution in [2.75, 3.05) is 5.32 Å². The van der Waals surface area contributed by atoms with Crippen molar-refractivity contribution in [1.29, 1.82) is 0 Å². The maximum atomic E-state index is 13.8. The van der Waals surface area contributed by atoms with Crippen molar-refractivity contribution in [2.45, 2.75) is 32.4 Å². The topological polar surface area (TPSA) is 92.3 Å². The fraction of sp³-hybridized carbons (Fsp3) is 0.179. The van der Waals surface area contributed by atoms with Gasteiger partial charge in [-0.15, -0.1) is 11.3 Å². The Hall–Kier alpha value is -3.59. The van der Waals surface area contributed by atoms with Crippen LogP contribution in [0.2, 0.25) is 10.0 Å². The van der Waals surface area contributed by atoms with Gasteiger partial charge < -0.3 is 4.90 Å². The number of Topliss-reactive ketones (excluding diaryl/α,β-unsaturated/α-hetero) is 1. The number of carbonyl (C=O) groups excluding carboxylic acids is 3. The third-order valence-corrected chi connectivity index (χ3v) is 7.65. The SMILES string of the molecule is Cc1cnc(NC(=O)c2ccc(CN3C(=O)c4ccc(Cl)cc4CC(=O)[C@H]3Cc3ccccn3)cc2Cl)s1. The van der Waals surface area contributed by atoms with Gasteiger partial charge in [0.05, 0.1) is 16.6 Å². The number of aromatic nitrogens is 2. The van der Waals surface area contributed by atoms with Crippen molar-refractivity contribution in [3.05, 3.63) is 110 Å². The van der Waals surface area contributed by atoms with Crippen LogP contribution in [-0.4, -0.2) is 38.5 Å². The van der Waals surface area contributed by atoms with Gasteiger partial charge in [-0.25, -0.2) is 4.98 Å². The van der Waals surface area contributed by atoms with E-state index in [4.69, 9.17) is 23.2 Å². The van der Waals surface area contributed by atoms with Gasteiger partial charge in [0.2, 0.25) is 0 Å². The summed E-state index contributed by atoms with van der Waals surface area (Å²) in [6, 6.07) is 14.7. The standard InChI is InChI=1S/C28H22Cl2N4O3S/c1-16-14-32-28(38-16)33-26(36)22-7-5-17(10-23(22)30)15-34-24(13-20-4-2-3-9-31-20)25(35)12-18-11-19(29)6-8-21(18)27(34)37/h2-11,14,24H,12-13,15H2,1H3,(H,32,33,36)/t24-/m1/s1. The first-order valence-electron chi connectivity index (χ1n) is 11.8. The Labute approximate surface area is 233 Å². The zero-order valence-electron chi connectivity index (χ0n) is 20.3. The number of nitrogens with one attached hydrogen (secondary N) is 1. The number of aryl methyl sites for hydroxylation is 1. The average Bonchev–Trinajstić information content (AvgIpc) is 3.27. The van der Waals surface area contributed by atoms with Gasteiger partial charge >= 0.3 is 0 Å². The molecule has 38 heavy (non-hydrogen) atoms. The van der Waals surface area contributed by atoms with Crippen molar-refractivity contribution in [3.63, 3.8) is 0 Å². The molecule has 0 spiro atoms. The lowest BCUT2D eigenvalue weighted by Crippen LogP contribution is -2.45. The predicted octanol–water partition coefficient (Wildman–Crippen LogP) is 5.78. The number of thiazole rings is 1. The van der Waals surface area contributed by atoms with Gasteiger partial charge in [-0.2, -0.15) is 0 Å². The molecule has 0 saturated heterocycles. The molecule has 5 rings (SSSR count). The number of amides is 2. The Kier molecular flexibility index (Phi) is 7.56. The van der Waals surface area contributed by atoms with Crippen LogP contribution >= 0.6 is 34.5 Å². The van der Waals surface area contributed by atoms with Crippen LogP contribution in [0.25, 0.3) is 0 Å². The molecule has 1 atom stereocenters. The van der Waals surface area contributed by atoms with Gasteiger partial charge in [-0.05, 0) is 60.5 Å². The number of hydrogen-bond acceptors (Lipinski definition) is 6. The molecular formula is C28H22Cl2N4O3S. The fourth-order valence-electron chi connectivity index (χ4n) is 4.43. The zero-order valence-corrected chi connectivity index (χ0v) is 22.6. The van der Waals surface area contributed by atoms with Gasteiger partial charge in [-0.1, -0.05) is 35.3 Å². The van der Waals surface area contributed by atoms with E-state index in [0.29, 0.717) is 32.5 Å². The molecule has 192 valence electrons. The second-order valence-corrected chi connectivity index (χ2v) is 11.0. The molecule has 3 heterocycles. The van der Waals surface area contributed by atoms with E-state index in [1.807, 2.05) is 19.1 Å². The molecule has 0 fully saturated rings. The van der Waals surface area contributed by atoms with E-state index in [-0.39, 0.29) is 47.6 Å². The second kappa shape index (κ2) is 11.0. The molecule has 0 unspecified atom stereocenters. The van der Waals surface area contributed by atoms with E-state index < -0.39 is 6.04 Å². The Bertz CT molecular complexity index is 1540. The number of ketones is 1. The minimum Gasteiger partial charge on any atom is -0.324 e. The maximum absolute atomic E-state index is 13.8. The first kappa shape index (κ1) is 26.0. The zero-order chi connectivity index (χ0) is 26.8. The molecule has 4 aromatic rings. The molecule has 2 aromatic carbocycles. The number of carbonyl (C=O) groups is 3. The number of halogens is 2. The van der Waals surface area contributed by atoms with E-state index in [2.05, 4.69) is 15.3 Å². The van der Waals surface area contributed by atoms with Gasteiger partial charge in [0, 0.05) is 52.9 Å². The lowest BCUT2D eigenvalue weighted by molar-refractivity contribution is -0.122. The van der Waals surface area contributed by atoms with E-state index in [9.17, 15) is 14.4 Å². The normalized spacial score (nSPS) is 15.2. The third kappa shape index (κ3) is 5.62. The van der Waals surface area contributed by atoms with Crippen LogP contribution < -0.4 is 5.32 Å². The number of nitrogens with zero attached hydrogens (tertiary/aromatic N) is 3. The number of benzene rings is 2. The molecule has 1 aliphatic rings. The van der Waals surface area contributed by atoms with E-state index >= 15 is 0 Å². The van der Waals surface area contributed by atoms with Crippen LogP contribution in [0.3, 0.4) is 0 Å². The summed E-state index contributed by atoms with van der Waals surface area (Å²) >= 11 is 14.0. The maximum Gasteiger partial charge on any atom is 0.258 e. The van der Waals surface area contributed by atoms with Gasteiger partial charge in [0.25, 0.3) is 11.8 Å². The summed E-state index contributed by atoms with van der Waals surface area (Å²) in [7, 11) is 0. The first-order valence-corrected chi connectivity index (χ1v) is 13.4. The molecule has 2 aromatic heterocycles. The van der Waals surface area contributed by atoms with Crippen LogP contribution in [0.5, 0.6) is 0 Å². The predicted molar refractivity (Wildman–Crippen MR) is 148 cm³/mol. The molecule has 0 saturated carbocycles. The molecule has 1 N–H and O–H groups in total. The van der Waals surface area contributed by atoms with Gasteiger partial charge in [-0.3, -0.25) is 24.7 Å². The summed E-state index contributed by atoms with van der Waals surface area (Å²) in [4.78, 5) is 51.0. The molecule has 2 amide bonds. The van der Waals surface area contributed by atoms with Gasteiger partial charge in [0.15, 0.2) is 10.9 Å². The smallest absolute Gasteiger partial charge is 0.258 e. The Morgan fingerprint density at radius 3 is 2.66 bits per heavy atom. The number of anilines is 1. The summed E-state index contributed by atoms with van der Waals surface area (Å²) in [6.45, 7) is 2.02. The summed E-state index contributed by atoms with van der Waals surface area (Å²) in [6.07, 6.45) is 3.70. The van der Waals surface area contributed by atoms with Crippen LogP contribution in [0.1, 0.15) is 42.4 Å². The fourth-order valence-corrected chi connectivity index (χ4v) is 5.57. The molecule has 0 bridgehead atoms. The third-order valence-electron chi connectivity index (χ3n) is 6.27. The number of hydrogen-bond donors (Lipinski definition) is 1. The average molecular weight is 565 g/mol. The highest BCUT2D eigenvalue weighted by Gasteiger charge is 2.36. The lowest BCUT2D eigenvalue weighted by Gasteiger charge is -2.29. The van der Waals surface area contributed by atoms with E-state index in [1.165, 1.54) is 11.3 Å². The second-order valence-electron chi connectivity index (χ2n) is 8.96. The summed E-state index contributed by atoms with van der Waals surface area (Å²) in [5.41, 5.74) is 2.71. The molecule has 7 nitrogen and oxygen atoms in total. The monoisotopic (exact) mass is 564 g/mol. The van der Waals surface area contributed by atoms with Crippen molar-refractivity contribution in [2.24, 2.45) is 0 Å².